The normalized spacial score (nSPS) is 12.6. The minimum absolute atomic E-state index is 0.0140. The van der Waals surface area contributed by atoms with E-state index in [9.17, 15) is 0 Å². The summed E-state index contributed by atoms with van der Waals surface area (Å²) in [5, 5.41) is 7.95. The predicted octanol–water partition coefficient (Wildman–Crippen LogP) is 2.18. The van der Waals surface area contributed by atoms with E-state index < -0.39 is 0 Å². The van der Waals surface area contributed by atoms with Crippen LogP contribution in [0.2, 0.25) is 0 Å². The molecule has 1 aromatic heterocycles. The van der Waals surface area contributed by atoms with Crippen molar-refractivity contribution in [1.29, 1.82) is 0 Å². The number of aryl methyl sites for hydroxylation is 2. The fourth-order valence-electron chi connectivity index (χ4n) is 1.80. The largest absolute Gasteiger partial charge is 0.271 e. The van der Waals surface area contributed by atoms with E-state index in [1.54, 1.807) is 16.4 Å². The number of halogens is 1. The van der Waals surface area contributed by atoms with Gasteiger partial charge >= 0.3 is 0 Å². The second-order valence-corrected chi connectivity index (χ2v) is 6.08. The van der Waals surface area contributed by atoms with Crippen LogP contribution in [0.1, 0.15) is 17.3 Å². The molecule has 0 saturated heterocycles. The maximum absolute atomic E-state index is 5.64. The standard InChI is InChI=1S/C12H16BrN5S/c1-8-4-3-5-9(6-8)19-7-10(15-14)11-12(13)16-17-18(11)2/h3-6,10,15H,7,14H2,1-2H3. The van der Waals surface area contributed by atoms with E-state index in [4.69, 9.17) is 5.84 Å². The van der Waals surface area contributed by atoms with Crippen LogP contribution >= 0.6 is 27.7 Å². The summed E-state index contributed by atoms with van der Waals surface area (Å²) in [5.74, 6) is 6.45. The molecule has 0 aliphatic carbocycles. The average Bonchev–Trinajstić information content (AvgIpc) is 2.71. The number of benzene rings is 1. The first-order chi connectivity index (χ1) is 9.11. The molecule has 3 N–H and O–H groups in total. The first-order valence-corrected chi connectivity index (χ1v) is 7.60. The van der Waals surface area contributed by atoms with Gasteiger partial charge in [-0.15, -0.1) is 16.9 Å². The van der Waals surface area contributed by atoms with Gasteiger partial charge in [0.15, 0.2) is 4.60 Å². The summed E-state index contributed by atoms with van der Waals surface area (Å²) < 4.78 is 2.45. The van der Waals surface area contributed by atoms with Crippen LogP contribution in [0.4, 0.5) is 0 Å². The molecule has 0 saturated carbocycles. The van der Waals surface area contributed by atoms with E-state index >= 15 is 0 Å². The summed E-state index contributed by atoms with van der Waals surface area (Å²) >= 11 is 5.15. The Hall–Kier alpha value is -0.890. The second kappa shape index (κ2) is 6.51. The van der Waals surface area contributed by atoms with E-state index in [-0.39, 0.29) is 6.04 Å². The first kappa shape index (κ1) is 14.5. The molecule has 1 unspecified atom stereocenters. The van der Waals surface area contributed by atoms with Crippen LogP contribution in [0.5, 0.6) is 0 Å². The number of rotatable bonds is 5. The van der Waals surface area contributed by atoms with E-state index in [0.29, 0.717) is 0 Å². The van der Waals surface area contributed by atoms with E-state index in [1.807, 2.05) is 7.05 Å². The Morgan fingerprint density at radius 3 is 2.89 bits per heavy atom. The Balaban J connectivity index is 2.08. The van der Waals surface area contributed by atoms with Crippen molar-refractivity contribution < 1.29 is 0 Å². The van der Waals surface area contributed by atoms with Crippen molar-refractivity contribution in [2.24, 2.45) is 12.9 Å². The third-order valence-electron chi connectivity index (χ3n) is 2.76. The zero-order valence-corrected chi connectivity index (χ0v) is 13.2. The van der Waals surface area contributed by atoms with Crippen LogP contribution in [-0.4, -0.2) is 20.7 Å². The third-order valence-corrected chi connectivity index (χ3v) is 4.42. The maximum atomic E-state index is 5.64. The Morgan fingerprint density at radius 2 is 2.32 bits per heavy atom. The number of thioether (sulfide) groups is 1. The quantitative estimate of drug-likeness (QED) is 0.495. The van der Waals surface area contributed by atoms with Gasteiger partial charge in [0.05, 0.1) is 11.7 Å². The van der Waals surface area contributed by atoms with Gasteiger partial charge in [-0.3, -0.25) is 11.3 Å². The minimum Gasteiger partial charge on any atom is -0.271 e. The second-order valence-electron chi connectivity index (χ2n) is 4.24. The highest BCUT2D eigenvalue weighted by Crippen LogP contribution is 2.27. The number of nitrogens with zero attached hydrogens (tertiary/aromatic N) is 3. The van der Waals surface area contributed by atoms with Crippen LogP contribution in [0, 0.1) is 6.92 Å². The van der Waals surface area contributed by atoms with Gasteiger partial charge in [-0.1, -0.05) is 22.9 Å². The number of nitrogens with two attached hydrogens (primary N) is 1. The van der Waals surface area contributed by atoms with Gasteiger partial charge in [0.25, 0.3) is 0 Å². The van der Waals surface area contributed by atoms with Crippen molar-refractivity contribution in [2.45, 2.75) is 17.9 Å². The number of hydrogen-bond acceptors (Lipinski definition) is 5. The lowest BCUT2D eigenvalue weighted by atomic mass is 10.2. The van der Waals surface area contributed by atoms with Gasteiger partial charge in [-0.25, -0.2) is 4.68 Å². The Labute approximate surface area is 125 Å². The van der Waals surface area contributed by atoms with Crippen molar-refractivity contribution in [3.8, 4) is 0 Å². The summed E-state index contributed by atoms with van der Waals surface area (Å²) in [4.78, 5) is 1.23. The third kappa shape index (κ3) is 3.56. The molecule has 7 heteroatoms. The molecule has 1 atom stereocenters. The summed E-state index contributed by atoms with van der Waals surface area (Å²) in [5.41, 5.74) is 5.02. The van der Waals surface area contributed by atoms with Crippen LogP contribution in [0.15, 0.2) is 33.8 Å². The van der Waals surface area contributed by atoms with Crippen molar-refractivity contribution in [3.63, 3.8) is 0 Å². The fourth-order valence-corrected chi connectivity index (χ4v) is 3.46. The molecule has 0 radical (unpaired) electrons. The van der Waals surface area contributed by atoms with Gasteiger partial charge in [-0.05, 0) is 35.0 Å². The summed E-state index contributed by atoms with van der Waals surface area (Å²) in [6, 6.07) is 8.39. The van der Waals surface area contributed by atoms with E-state index in [2.05, 4.69) is 62.9 Å². The lowest BCUT2D eigenvalue weighted by Crippen LogP contribution is -2.31. The molecule has 2 aromatic rings. The van der Waals surface area contributed by atoms with Crippen LogP contribution < -0.4 is 11.3 Å². The smallest absolute Gasteiger partial charge is 0.153 e. The molecule has 1 heterocycles. The Bertz CT molecular complexity index is 537. The highest BCUT2D eigenvalue weighted by Gasteiger charge is 2.19. The molecular formula is C12H16BrN5S. The van der Waals surface area contributed by atoms with Crippen LogP contribution in [0.25, 0.3) is 0 Å². The number of hydrogen-bond donors (Lipinski definition) is 2. The topological polar surface area (TPSA) is 68.8 Å². The zero-order valence-electron chi connectivity index (χ0n) is 10.8. The number of hydrazine groups is 1. The molecule has 0 fully saturated rings. The SMILES string of the molecule is Cc1cccc(SCC(NN)c2c(Br)nnn2C)c1. The molecule has 0 spiro atoms. The monoisotopic (exact) mass is 341 g/mol. The summed E-state index contributed by atoms with van der Waals surface area (Å²) in [6.07, 6.45) is 0. The molecule has 0 aliphatic heterocycles. The van der Waals surface area contributed by atoms with E-state index in [1.165, 1.54) is 10.5 Å². The van der Waals surface area contributed by atoms with Gasteiger partial charge in [0, 0.05) is 17.7 Å². The Kier molecular flexibility index (Phi) is 4.98. The molecule has 0 bridgehead atoms. The molecule has 0 amide bonds. The highest BCUT2D eigenvalue weighted by atomic mass is 79.9. The summed E-state index contributed by atoms with van der Waals surface area (Å²) in [6.45, 7) is 2.09. The van der Waals surface area contributed by atoms with Crippen molar-refractivity contribution >= 4 is 27.7 Å². The minimum atomic E-state index is -0.0140. The van der Waals surface area contributed by atoms with Crippen molar-refractivity contribution in [1.82, 2.24) is 20.4 Å². The van der Waals surface area contributed by atoms with E-state index in [0.717, 1.165) is 16.0 Å². The van der Waals surface area contributed by atoms with Crippen molar-refractivity contribution in [2.75, 3.05) is 5.75 Å². The molecule has 5 nitrogen and oxygen atoms in total. The summed E-state index contributed by atoms with van der Waals surface area (Å²) in [7, 11) is 1.86. The van der Waals surface area contributed by atoms with Gasteiger partial charge < -0.3 is 0 Å². The molecule has 102 valence electrons. The maximum Gasteiger partial charge on any atom is 0.153 e. The van der Waals surface area contributed by atoms with Gasteiger partial charge in [-0.2, -0.15) is 0 Å². The average molecular weight is 342 g/mol. The number of nitrogens with one attached hydrogen (secondary N) is 1. The molecule has 2 rings (SSSR count). The fraction of sp³-hybridized carbons (Fsp3) is 0.333. The first-order valence-electron chi connectivity index (χ1n) is 5.82. The molecule has 1 aromatic carbocycles. The van der Waals surface area contributed by atoms with Crippen molar-refractivity contribution in [3.05, 3.63) is 40.1 Å². The highest BCUT2D eigenvalue weighted by molar-refractivity contribution is 9.10. The zero-order chi connectivity index (χ0) is 13.8. The Morgan fingerprint density at radius 1 is 1.53 bits per heavy atom. The lowest BCUT2D eigenvalue weighted by Gasteiger charge is -2.15. The number of aromatic nitrogens is 3. The molecule has 19 heavy (non-hydrogen) atoms. The van der Waals surface area contributed by atoms with Gasteiger partial charge in [0.2, 0.25) is 0 Å². The van der Waals surface area contributed by atoms with Crippen LogP contribution in [-0.2, 0) is 7.05 Å². The molecular weight excluding hydrogens is 326 g/mol. The predicted molar refractivity (Wildman–Crippen MR) is 80.7 cm³/mol. The molecule has 0 aliphatic rings. The van der Waals surface area contributed by atoms with Crippen LogP contribution in [0.3, 0.4) is 0 Å². The lowest BCUT2D eigenvalue weighted by molar-refractivity contribution is 0.550. The van der Waals surface area contributed by atoms with Gasteiger partial charge in [0.1, 0.15) is 0 Å².